The lowest BCUT2D eigenvalue weighted by Gasteiger charge is -2.13. The molecule has 6 heteroatoms. The smallest absolute Gasteiger partial charge is 0.276 e. The van der Waals surface area contributed by atoms with Gasteiger partial charge in [-0.15, -0.1) is 0 Å². The van der Waals surface area contributed by atoms with Crippen LogP contribution in [0, 0.1) is 6.92 Å². The van der Waals surface area contributed by atoms with Crippen molar-refractivity contribution >= 4 is 5.91 Å². The minimum atomic E-state index is -0.497. The number of benzene rings is 1. The topological polar surface area (TPSA) is 73.2 Å². The highest BCUT2D eigenvalue weighted by Crippen LogP contribution is 2.15. The quantitative estimate of drug-likeness (QED) is 0.932. The van der Waals surface area contributed by atoms with Crippen LogP contribution in [0.1, 0.15) is 29.9 Å². The Morgan fingerprint density at radius 2 is 1.91 bits per heavy atom. The van der Waals surface area contributed by atoms with Gasteiger partial charge < -0.3 is 10.1 Å². The summed E-state index contributed by atoms with van der Waals surface area (Å²) in [4.78, 5) is 24.1. The Kier molecular flexibility index (Phi) is 4.60. The summed E-state index contributed by atoms with van der Waals surface area (Å²) >= 11 is 0. The number of amides is 1. The van der Waals surface area contributed by atoms with Crippen molar-refractivity contribution in [3.8, 4) is 11.6 Å². The Bertz CT molecular complexity index is 733. The van der Waals surface area contributed by atoms with Crippen molar-refractivity contribution in [1.82, 2.24) is 15.1 Å². The van der Waals surface area contributed by atoms with Crippen LogP contribution < -0.4 is 15.5 Å². The van der Waals surface area contributed by atoms with Crippen molar-refractivity contribution in [3.63, 3.8) is 0 Å². The minimum Gasteiger partial charge on any atom is -0.481 e. The molecule has 0 spiro atoms. The number of aromatic nitrogens is 2. The molecule has 0 unspecified atom stereocenters. The first-order valence-corrected chi connectivity index (χ1v) is 6.98. The van der Waals surface area contributed by atoms with E-state index in [4.69, 9.17) is 4.74 Å². The van der Waals surface area contributed by atoms with E-state index in [1.165, 1.54) is 17.9 Å². The van der Waals surface area contributed by atoms with Crippen LogP contribution in [0.3, 0.4) is 0 Å². The molecule has 0 aliphatic carbocycles. The van der Waals surface area contributed by atoms with Gasteiger partial charge in [0.2, 0.25) is 11.3 Å². The van der Waals surface area contributed by atoms with Crippen LogP contribution in [0.25, 0.3) is 5.69 Å². The molecule has 0 bridgehead atoms. The molecular formula is C16H19N3O3. The van der Waals surface area contributed by atoms with Gasteiger partial charge >= 0.3 is 0 Å². The second-order valence-corrected chi connectivity index (χ2v) is 5.28. The molecule has 1 heterocycles. The molecule has 1 amide bonds. The van der Waals surface area contributed by atoms with Gasteiger partial charge in [-0.1, -0.05) is 17.7 Å². The average molecular weight is 301 g/mol. The normalized spacial score (nSPS) is 10.6. The van der Waals surface area contributed by atoms with Crippen molar-refractivity contribution in [3.05, 3.63) is 51.8 Å². The largest absolute Gasteiger partial charge is 0.481 e. The lowest BCUT2D eigenvalue weighted by atomic mass is 10.2. The maximum Gasteiger partial charge on any atom is 0.276 e. The van der Waals surface area contributed by atoms with Crippen molar-refractivity contribution in [2.75, 3.05) is 7.11 Å². The third kappa shape index (κ3) is 3.33. The van der Waals surface area contributed by atoms with Gasteiger partial charge in [0.1, 0.15) is 0 Å². The number of carbonyl (C=O) groups excluding carboxylic acids is 1. The zero-order chi connectivity index (χ0) is 16.3. The summed E-state index contributed by atoms with van der Waals surface area (Å²) in [6.07, 6.45) is 0. The molecule has 0 saturated carbocycles. The van der Waals surface area contributed by atoms with Gasteiger partial charge in [0.05, 0.1) is 18.9 Å². The minimum absolute atomic E-state index is 0.0800. The Hall–Kier alpha value is -2.63. The van der Waals surface area contributed by atoms with E-state index < -0.39 is 11.3 Å². The molecule has 0 fully saturated rings. The van der Waals surface area contributed by atoms with Crippen LogP contribution in [0.2, 0.25) is 0 Å². The molecular weight excluding hydrogens is 282 g/mol. The van der Waals surface area contributed by atoms with E-state index in [9.17, 15) is 9.59 Å². The van der Waals surface area contributed by atoms with E-state index in [1.807, 2.05) is 45.0 Å². The second-order valence-electron chi connectivity index (χ2n) is 5.28. The third-order valence-corrected chi connectivity index (χ3v) is 3.02. The SMILES string of the molecule is COc1cc(=O)c(C(=O)NC(C)C)nn1-c1ccc(C)cc1. The highest BCUT2D eigenvalue weighted by atomic mass is 16.5. The number of aryl methyl sites for hydroxylation is 1. The maximum absolute atomic E-state index is 12.1. The van der Waals surface area contributed by atoms with Crippen LogP contribution >= 0.6 is 0 Å². The molecule has 0 radical (unpaired) electrons. The number of hydrogen-bond acceptors (Lipinski definition) is 4. The molecule has 1 aromatic carbocycles. The molecule has 1 aromatic heterocycles. The number of ether oxygens (including phenoxy) is 1. The van der Waals surface area contributed by atoms with Gasteiger partial charge in [-0.3, -0.25) is 9.59 Å². The van der Waals surface area contributed by atoms with Crippen LogP contribution in [0.15, 0.2) is 35.1 Å². The Labute approximate surface area is 128 Å². The fourth-order valence-corrected chi connectivity index (χ4v) is 1.94. The summed E-state index contributed by atoms with van der Waals surface area (Å²) in [5.74, 6) is -0.224. The first kappa shape index (κ1) is 15.8. The van der Waals surface area contributed by atoms with Gasteiger partial charge in [-0.25, -0.2) is 4.68 Å². The summed E-state index contributed by atoms with van der Waals surface area (Å²) in [7, 11) is 1.45. The lowest BCUT2D eigenvalue weighted by Crippen LogP contribution is -2.35. The van der Waals surface area contributed by atoms with Crippen LogP contribution in [0.4, 0.5) is 0 Å². The molecule has 116 valence electrons. The number of carbonyl (C=O) groups is 1. The first-order chi connectivity index (χ1) is 10.4. The maximum atomic E-state index is 12.1. The van der Waals surface area contributed by atoms with E-state index in [0.717, 1.165) is 5.56 Å². The molecule has 1 N–H and O–H groups in total. The summed E-state index contributed by atoms with van der Waals surface area (Å²) in [6.45, 7) is 5.61. The van der Waals surface area contributed by atoms with Crippen LogP contribution in [-0.4, -0.2) is 28.8 Å². The van der Waals surface area contributed by atoms with Gasteiger partial charge in [0, 0.05) is 6.04 Å². The van der Waals surface area contributed by atoms with Gasteiger partial charge in [0.25, 0.3) is 5.91 Å². The molecule has 0 atom stereocenters. The molecule has 0 saturated heterocycles. The Morgan fingerprint density at radius 1 is 1.27 bits per heavy atom. The number of nitrogens with zero attached hydrogens (tertiary/aromatic N) is 2. The predicted molar refractivity (Wildman–Crippen MR) is 83.7 cm³/mol. The number of rotatable bonds is 4. The van der Waals surface area contributed by atoms with E-state index in [2.05, 4.69) is 10.4 Å². The Morgan fingerprint density at radius 3 is 2.45 bits per heavy atom. The Balaban J connectivity index is 2.55. The fraction of sp³-hybridized carbons (Fsp3) is 0.312. The van der Waals surface area contributed by atoms with Gasteiger partial charge in [-0.05, 0) is 32.9 Å². The number of nitrogens with one attached hydrogen (secondary N) is 1. The lowest BCUT2D eigenvalue weighted by molar-refractivity contribution is 0.0935. The zero-order valence-corrected chi connectivity index (χ0v) is 13.1. The molecule has 0 aliphatic rings. The van der Waals surface area contributed by atoms with E-state index >= 15 is 0 Å². The molecule has 6 nitrogen and oxygen atoms in total. The molecule has 2 aromatic rings. The number of methoxy groups -OCH3 is 1. The summed E-state index contributed by atoms with van der Waals surface area (Å²) in [5, 5.41) is 6.83. The highest BCUT2D eigenvalue weighted by molar-refractivity contribution is 5.92. The average Bonchev–Trinajstić information content (AvgIpc) is 2.47. The van der Waals surface area contributed by atoms with Gasteiger partial charge in [0.15, 0.2) is 5.69 Å². The third-order valence-electron chi connectivity index (χ3n) is 3.02. The van der Waals surface area contributed by atoms with E-state index in [0.29, 0.717) is 5.69 Å². The second kappa shape index (κ2) is 6.43. The summed E-state index contributed by atoms with van der Waals surface area (Å²) in [6, 6.07) is 8.72. The van der Waals surface area contributed by atoms with Crippen molar-refractivity contribution in [2.24, 2.45) is 0 Å². The van der Waals surface area contributed by atoms with Crippen molar-refractivity contribution < 1.29 is 9.53 Å². The van der Waals surface area contributed by atoms with Gasteiger partial charge in [-0.2, -0.15) is 5.10 Å². The predicted octanol–water partition coefficient (Wildman–Crippen LogP) is 1.69. The molecule has 22 heavy (non-hydrogen) atoms. The standard InChI is InChI=1S/C16H19N3O3/c1-10(2)17-16(21)15-13(20)9-14(22-4)19(18-15)12-7-5-11(3)6-8-12/h5-10H,1-4H3,(H,17,21). The highest BCUT2D eigenvalue weighted by Gasteiger charge is 2.17. The van der Waals surface area contributed by atoms with Crippen LogP contribution in [-0.2, 0) is 0 Å². The monoisotopic (exact) mass is 301 g/mol. The van der Waals surface area contributed by atoms with Crippen molar-refractivity contribution in [2.45, 2.75) is 26.8 Å². The molecule has 2 rings (SSSR count). The van der Waals surface area contributed by atoms with E-state index in [1.54, 1.807) is 0 Å². The number of hydrogen-bond donors (Lipinski definition) is 1. The fourth-order valence-electron chi connectivity index (χ4n) is 1.94. The first-order valence-electron chi connectivity index (χ1n) is 6.98. The molecule has 0 aliphatic heterocycles. The van der Waals surface area contributed by atoms with Crippen molar-refractivity contribution in [1.29, 1.82) is 0 Å². The van der Waals surface area contributed by atoms with Crippen LogP contribution in [0.5, 0.6) is 5.88 Å². The zero-order valence-electron chi connectivity index (χ0n) is 13.1. The summed E-state index contributed by atoms with van der Waals surface area (Å²) < 4.78 is 6.64. The summed E-state index contributed by atoms with van der Waals surface area (Å²) in [5.41, 5.74) is 1.18. The van der Waals surface area contributed by atoms with E-state index in [-0.39, 0.29) is 17.6 Å².